The van der Waals surface area contributed by atoms with E-state index in [4.69, 9.17) is 18.9 Å². The van der Waals surface area contributed by atoms with Crippen LogP contribution in [0.4, 0.5) is 0 Å². The minimum Gasteiger partial charge on any atom is -0.508 e. The Balaban J connectivity index is 1.25. The first kappa shape index (κ1) is 30.5. The van der Waals surface area contributed by atoms with Crippen molar-refractivity contribution in [3.63, 3.8) is 0 Å². The molecule has 7 aliphatic rings. The molecule has 0 bridgehead atoms. The Hall–Kier alpha value is -2.87. The van der Waals surface area contributed by atoms with E-state index >= 15 is 0 Å². The number of aromatic hydroxyl groups is 1. The zero-order valence-electron chi connectivity index (χ0n) is 28.0. The van der Waals surface area contributed by atoms with Crippen molar-refractivity contribution < 1.29 is 38.4 Å². The maximum absolute atomic E-state index is 13.1. The Morgan fingerprint density at radius 1 is 1.04 bits per heavy atom. The number of phenolic OH excluding ortho intramolecular Hbond substituents is 1. The monoisotopic (exact) mass is 632 g/mol. The van der Waals surface area contributed by atoms with Gasteiger partial charge < -0.3 is 24.1 Å². The molecular weight excluding hydrogens is 584 g/mol. The third-order valence-electron chi connectivity index (χ3n) is 14.9. The van der Waals surface area contributed by atoms with Crippen LogP contribution in [0.25, 0.3) is 0 Å². The molecule has 2 heterocycles. The zero-order valence-corrected chi connectivity index (χ0v) is 28.0. The number of hydrogen-bond acceptors (Lipinski definition) is 8. The Bertz CT molecular complexity index is 1550. The molecule has 2 spiro atoms. The van der Waals surface area contributed by atoms with E-state index in [9.17, 15) is 19.5 Å². The summed E-state index contributed by atoms with van der Waals surface area (Å²) in [5.74, 6) is -0.719. The average molecular weight is 633 g/mol. The molecule has 8 rings (SSSR count). The van der Waals surface area contributed by atoms with Gasteiger partial charge in [0.15, 0.2) is 11.9 Å². The van der Waals surface area contributed by atoms with Crippen LogP contribution in [-0.2, 0) is 35.0 Å². The highest BCUT2D eigenvalue weighted by Crippen LogP contribution is 2.87. The van der Waals surface area contributed by atoms with Crippen molar-refractivity contribution in [2.75, 3.05) is 6.61 Å². The van der Waals surface area contributed by atoms with Crippen LogP contribution >= 0.6 is 0 Å². The van der Waals surface area contributed by atoms with Gasteiger partial charge >= 0.3 is 11.9 Å². The first-order chi connectivity index (χ1) is 21.7. The van der Waals surface area contributed by atoms with Gasteiger partial charge in [0.05, 0.1) is 6.61 Å². The molecule has 4 unspecified atom stereocenters. The van der Waals surface area contributed by atoms with Crippen molar-refractivity contribution in [3.05, 3.63) is 35.9 Å². The number of ketones is 1. The predicted molar refractivity (Wildman–Crippen MR) is 167 cm³/mol. The number of ether oxygens (including phenoxy) is 4. The predicted octanol–water partition coefficient (Wildman–Crippen LogP) is 6.17. The molecule has 0 amide bonds. The van der Waals surface area contributed by atoms with E-state index in [0.29, 0.717) is 37.0 Å². The maximum Gasteiger partial charge on any atom is 0.303 e. The van der Waals surface area contributed by atoms with Gasteiger partial charge in [0.2, 0.25) is 0 Å². The van der Waals surface area contributed by atoms with Crippen LogP contribution in [0.15, 0.2) is 30.4 Å². The van der Waals surface area contributed by atoms with Crippen molar-refractivity contribution in [3.8, 4) is 11.5 Å². The van der Waals surface area contributed by atoms with E-state index in [-0.39, 0.29) is 62.8 Å². The molecule has 1 aromatic rings. The maximum atomic E-state index is 13.1. The molecule has 1 N–H and O–H groups in total. The molecule has 1 aromatic carbocycles. The van der Waals surface area contributed by atoms with E-state index < -0.39 is 24.0 Å². The van der Waals surface area contributed by atoms with E-state index in [1.54, 1.807) is 12.1 Å². The first-order valence-corrected chi connectivity index (χ1v) is 17.4. The summed E-state index contributed by atoms with van der Waals surface area (Å²) in [4.78, 5) is 38.6. The largest absolute Gasteiger partial charge is 0.508 e. The SMILES string of the molecule is CC(=O)O[C@H]1C[C@@]2(C)[C@@H]3CC[C@H]4[C@H](C)C(=O)C=C[C@@]45C[C@@]35CC[C@]2(C)C1[C@@H](OC(C)=O)C12OCC(C)C1Cc1ccc(O)cc1O2. The molecule has 248 valence electrons. The van der Waals surface area contributed by atoms with Gasteiger partial charge in [-0.25, -0.2) is 0 Å². The summed E-state index contributed by atoms with van der Waals surface area (Å²) >= 11 is 0. The van der Waals surface area contributed by atoms with E-state index in [1.807, 2.05) is 12.1 Å². The smallest absolute Gasteiger partial charge is 0.303 e. The van der Waals surface area contributed by atoms with Crippen LogP contribution in [0.3, 0.4) is 0 Å². The molecule has 1 saturated heterocycles. The lowest BCUT2D eigenvalue weighted by molar-refractivity contribution is -0.276. The number of rotatable bonds is 4. The van der Waals surface area contributed by atoms with E-state index in [1.165, 1.54) is 13.8 Å². The second kappa shape index (κ2) is 9.61. The standard InChI is InChI=1S/C38H48O8/c1-20-18-43-38(27(20)15-24-7-8-25(41)16-29(24)46-38)33(45-23(4)40)32-30(44-22(3)39)17-35(6)31-10-9-26-21(2)28(42)11-12-36(26)19-37(31,36)14-13-34(32,35)5/h7-8,11-12,16,20-21,26-27,30-33,41H,9-10,13-15,17-19H2,1-6H3/t20?,21-,26-,27?,30-,31-,32?,33+,34+,35-,36+,37-,38?/m0/s1. The van der Waals surface area contributed by atoms with Crippen LogP contribution in [-0.4, -0.2) is 47.4 Å². The minimum absolute atomic E-state index is 0.0493. The van der Waals surface area contributed by atoms with Crippen LogP contribution in [0.1, 0.15) is 85.6 Å². The van der Waals surface area contributed by atoms with E-state index in [2.05, 4.69) is 33.8 Å². The Morgan fingerprint density at radius 2 is 1.83 bits per heavy atom. The summed E-state index contributed by atoms with van der Waals surface area (Å²) in [6.45, 7) is 12.3. The summed E-state index contributed by atoms with van der Waals surface area (Å²) in [6.07, 6.45) is 9.20. The number of benzene rings is 1. The Kier molecular flexibility index (Phi) is 6.36. The van der Waals surface area contributed by atoms with Gasteiger partial charge in [-0.2, -0.15) is 0 Å². The van der Waals surface area contributed by atoms with Gasteiger partial charge in [0.25, 0.3) is 5.79 Å². The molecule has 0 radical (unpaired) electrons. The number of hydrogen-bond donors (Lipinski definition) is 1. The third kappa shape index (κ3) is 3.68. The van der Waals surface area contributed by atoms with Gasteiger partial charge in [0.1, 0.15) is 17.6 Å². The van der Waals surface area contributed by atoms with Crippen molar-refractivity contribution >= 4 is 17.7 Å². The number of carbonyl (C=O) groups is 3. The van der Waals surface area contributed by atoms with Crippen molar-refractivity contribution in [1.29, 1.82) is 0 Å². The van der Waals surface area contributed by atoms with Crippen molar-refractivity contribution in [2.24, 2.45) is 57.2 Å². The Labute approximate surface area is 271 Å². The quantitative estimate of drug-likeness (QED) is 0.393. The fourth-order valence-electron chi connectivity index (χ4n) is 12.7. The Morgan fingerprint density at radius 3 is 2.57 bits per heavy atom. The molecule has 0 aromatic heterocycles. The van der Waals surface area contributed by atoms with Gasteiger partial charge in [-0.1, -0.05) is 39.8 Å². The first-order valence-electron chi connectivity index (χ1n) is 17.4. The number of fused-ring (bicyclic) bond motifs is 4. The molecule has 8 nitrogen and oxygen atoms in total. The van der Waals surface area contributed by atoms with E-state index in [0.717, 1.165) is 37.7 Å². The van der Waals surface area contributed by atoms with Crippen LogP contribution in [0, 0.1) is 57.2 Å². The fourth-order valence-corrected chi connectivity index (χ4v) is 12.7. The highest BCUT2D eigenvalue weighted by molar-refractivity contribution is 5.93. The average Bonchev–Trinajstić information content (AvgIpc) is 3.47. The van der Waals surface area contributed by atoms with Crippen molar-refractivity contribution in [2.45, 2.75) is 104 Å². The lowest BCUT2D eigenvalue weighted by Crippen LogP contribution is -2.64. The molecule has 4 saturated carbocycles. The zero-order chi connectivity index (χ0) is 32.6. The number of esters is 2. The summed E-state index contributed by atoms with van der Waals surface area (Å²) in [7, 11) is 0. The molecule has 46 heavy (non-hydrogen) atoms. The summed E-state index contributed by atoms with van der Waals surface area (Å²) in [5, 5.41) is 10.4. The number of phenols is 1. The normalized spacial score (nSPS) is 48.4. The second-order valence-corrected chi connectivity index (χ2v) is 16.6. The van der Waals surface area contributed by atoms with Crippen LogP contribution in [0.5, 0.6) is 11.5 Å². The summed E-state index contributed by atoms with van der Waals surface area (Å²) < 4.78 is 26.3. The topological polar surface area (TPSA) is 108 Å². The van der Waals surface area contributed by atoms with Crippen molar-refractivity contribution in [1.82, 2.24) is 0 Å². The molecule has 13 atom stereocenters. The van der Waals surface area contributed by atoms with Gasteiger partial charge in [0, 0.05) is 37.7 Å². The minimum atomic E-state index is -1.29. The van der Waals surface area contributed by atoms with Gasteiger partial charge in [-0.3, -0.25) is 14.4 Å². The second-order valence-electron chi connectivity index (χ2n) is 16.6. The lowest BCUT2D eigenvalue weighted by atomic mass is 9.43. The van der Waals surface area contributed by atoms with Gasteiger partial charge in [-0.15, -0.1) is 0 Å². The lowest BCUT2D eigenvalue weighted by Gasteiger charge is -2.61. The molecular formula is C38H48O8. The summed E-state index contributed by atoms with van der Waals surface area (Å²) in [5.41, 5.74) is 0.586. The highest BCUT2D eigenvalue weighted by atomic mass is 16.7. The summed E-state index contributed by atoms with van der Waals surface area (Å²) in [6, 6.07) is 5.19. The van der Waals surface area contributed by atoms with Gasteiger partial charge in [-0.05, 0) is 102 Å². The molecule has 5 fully saturated rings. The molecule has 8 heteroatoms. The fraction of sp³-hybridized carbons (Fsp3) is 0.711. The third-order valence-corrected chi connectivity index (χ3v) is 14.9. The van der Waals surface area contributed by atoms with Crippen LogP contribution in [0.2, 0.25) is 0 Å². The van der Waals surface area contributed by atoms with Crippen LogP contribution < -0.4 is 4.74 Å². The molecule has 5 aliphatic carbocycles. The molecule has 2 aliphatic heterocycles. The number of carbonyl (C=O) groups excluding carboxylic acids is 3. The highest BCUT2D eigenvalue weighted by Gasteiger charge is 2.83. The number of allylic oxidation sites excluding steroid dienone is 2.